The van der Waals surface area contributed by atoms with Crippen LogP contribution in [-0.2, 0) is 5.67 Å². The van der Waals surface area contributed by atoms with E-state index in [-0.39, 0.29) is 5.78 Å². The summed E-state index contributed by atoms with van der Waals surface area (Å²) in [7, 11) is 1.84. The minimum absolute atomic E-state index is 0.131. The number of nitrogens with zero attached hydrogens (tertiary/aromatic N) is 2. The molecule has 0 amide bonds. The van der Waals surface area contributed by atoms with E-state index in [1.54, 1.807) is 13.0 Å². The van der Waals surface area contributed by atoms with Gasteiger partial charge in [-0.15, -0.1) is 0 Å². The molecule has 0 saturated heterocycles. The molecule has 2 unspecified atom stereocenters. The number of carbonyl (C=O) groups is 1. The average molecular weight is 595 g/mol. The zero-order chi connectivity index (χ0) is 33.2. The fourth-order valence-electron chi connectivity index (χ4n) is 6.32. The Morgan fingerprint density at radius 2 is 1.74 bits per heavy atom. The number of carbonyl (C=O) groups excluding carboxylic acids is 1. The summed E-state index contributed by atoms with van der Waals surface area (Å²) in [4.78, 5) is 19.3. The van der Waals surface area contributed by atoms with E-state index in [2.05, 4.69) is 81.9 Å². The van der Waals surface area contributed by atoms with Crippen LogP contribution >= 0.6 is 0 Å². The first-order valence-electron chi connectivity index (χ1n) is 16.7. The number of aromatic nitrogens is 1. The molecule has 0 N–H and O–H groups in total. The number of hydrogen-bond donors (Lipinski definition) is 0. The van der Waals surface area contributed by atoms with Gasteiger partial charge in [0, 0.05) is 26.4 Å². The molecule has 242 valence electrons. The van der Waals surface area contributed by atoms with Gasteiger partial charge < -0.3 is 0 Å². The fourth-order valence-corrected chi connectivity index (χ4v) is 6.32. The van der Waals surface area contributed by atoms with Crippen molar-refractivity contribution in [3.8, 4) is 0 Å². The highest BCUT2D eigenvalue weighted by Gasteiger charge is 2.43. The lowest BCUT2D eigenvalue weighted by atomic mass is 9.63. The maximum Gasteiger partial charge on any atom is 0.178 e. The number of rotatable bonds is 8. The molecule has 2 aliphatic carbocycles. The van der Waals surface area contributed by atoms with E-state index in [9.17, 15) is 9.18 Å². The van der Waals surface area contributed by atoms with Gasteiger partial charge in [-0.1, -0.05) is 105 Å². The molecule has 0 aliphatic heterocycles. The Bertz CT molecular complexity index is 1120. The molecule has 1 aromatic heterocycles. The summed E-state index contributed by atoms with van der Waals surface area (Å²) in [6.45, 7) is 23.8. The highest BCUT2D eigenvalue weighted by atomic mass is 19.1. The summed E-state index contributed by atoms with van der Waals surface area (Å²) >= 11 is 0. The second kappa shape index (κ2) is 20.4. The van der Waals surface area contributed by atoms with Crippen molar-refractivity contribution in [3.63, 3.8) is 0 Å². The molecule has 0 radical (unpaired) electrons. The van der Waals surface area contributed by atoms with Gasteiger partial charge in [-0.25, -0.2) is 4.39 Å². The van der Waals surface area contributed by atoms with Crippen molar-refractivity contribution in [1.29, 1.82) is 0 Å². The van der Waals surface area contributed by atoms with Crippen LogP contribution in [0.15, 0.2) is 64.4 Å². The third-order valence-corrected chi connectivity index (χ3v) is 8.76. The summed E-state index contributed by atoms with van der Waals surface area (Å²) in [5.41, 5.74) is 4.72. The van der Waals surface area contributed by atoms with Gasteiger partial charge in [-0.3, -0.25) is 14.8 Å². The monoisotopic (exact) mass is 594 g/mol. The molecule has 1 heterocycles. The van der Waals surface area contributed by atoms with Crippen LogP contribution in [0.4, 0.5) is 4.39 Å². The molecule has 1 aromatic rings. The molecule has 43 heavy (non-hydrogen) atoms. The van der Waals surface area contributed by atoms with E-state index < -0.39 is 5.67 Å². The zero-order valence-corrected chi connectivity index (χ0v) is 29.9. The molecule has 2 atom stereocenters. The van der Waals surface area contributed by atoms with Crippen molar-refractivity contribution >= 4 is 12.0 Å². The maximum absolute atomic E-state index is 13.7. The summed E-state index contributed by atoms with van der Waals surface area (Å²) < 4.78 is 13.7. The first-order chi connectivity index (χ1) is 20.3. The lowest BCUT2D eigenvalue weighted by Crippen LogP contribution is -2.33. The Morgan fingerprint density at radius 1 is 1.16 bits per heavy atom. The second-order valence-electron chi connectivity index (χ2n) is 12.1. The van der Waals surface area contributed by atoms with Crippen LogP contribution in [0.25, 0.3) is 0 Å². The highest BCUT2D eigenvalue weighted by Crippen LogP contribution is 2.53. The predicted molar refractivity (Wildman–Crippen MR) is 188 cm³/mol. The van der Waals surface area contributed by atoms with Crippen LogP contribution in [0.1, 0.15) is 143 Å². The summed E-state index contributed by atoms with van der Waals surface area (Å²) in [6, 6.07) is 1.61. The predicted octanol–water partition coefficient (Wildman–Crippen LogP) is 11.9. The minimum Gasteiger partial charge on any atom is -0.296 e. The number of ketones is 1. The lowest BCUT2D eigenvalue weighted by Gasteiger charge is -2.41. The number of Topliss-reactive ketones (excluding diaryl/α,β-unsaturated/α-hetero) is 1. The van der Waals surface area contributed by atoms with Gasteiger partial charge in [0.15, 0.2) is 5.78 Å². The van der Waals surface area contributed by atoms with E-state index in [4.69, 9.17) is 0 Å². The van der Waals surface area contributed by atoms with Crippen LogP contribution in [0.5, 0.6) is 0 Å². The molecule has 4 heteroatoms. The molecular weight excluding hydrogens is 531 g/mol. The van der Waals surface area contributed by atoms with Crippen LogP contribution in [0, 0.1) is 24.2 Å². The second-order valence-corrected chi connectivity index (χ2v) is 12.1. The third kappa shape index (κ3) is 11.8. The number of alkyl halides is 1. The topological polar surface area (TPSA) is 42.3 Å². The van der Waals surface area contributed by atoms with Crippen LogP contribution in [-0.4, -0.2) is 24.0 Å². The van der Waals surface area contributed by atoms with Crippen LogP contribution in [0.2, 0.25) is 0 Å². The fraction of sp³-hybridized carbons (Fsp3) is 0.615. The molecule has 3 rings (SSSR count). The minimum atomic E-state index is -1.43. The maximum atomic E-state index is 13.7. The quantitative estimate of drug-likeness (QED) is 0.222. The van der Waals surface area contributed by atoms with Crippen molar-refractivity contribution in [2.24, 2.45) is 22.2 Å². The number of aliphatic imine (C=N–C) groups is 1. The summed E-state index contributed by atoms with van der Waals surface area (Å²) in [5, 5.41) is 0. The van der Waals surface area contributed by atoms with Crippen molar-refractivity contribution in [3.05, 3.63) is 76.2 Å². The van der Waals surface area contributed by atoms with Gasteiger partial charge in [0.1, 0.15) is 11.4 Å². The van der Waals surface area contributed by atoms with Gasteiger partial charge >= 0.3 is 0 Å². The van der Waals surface area contributed by atoms with E-state index in [0.29, 0.717) is 28.2 Å². The number of hydrogen-bond acceptors (Lipinski definition) is 3. The highest BCUT2D eigenvalue weighted by molar-refractivity contribution is 5.93. The Labute approximate surface area is 265 Å². The van der Waals surface area contributed by atoms with Gasteiger partial charge in [0.2, 0.25) is 0 Å². The van der Waals surface area contributed by atoms with E-state index in [1.807, 2.05) is 27.1 Å². The standard InChI is InChI=1S/C23H35N.C11H14FNO.C3H8.C2H6/c1-6-18(3)23(15-8-9-16-23)19(4)21-11-10-12-22(14-13-21)20(7-2)17-24-5;1-7-9(11(3,4)12)5-6-13-10(7)8(2)14;1-3-2;1-2/h7,10-13,17-19H,6,8-9,14-16H2,1-5H3;5-6H,1-4H3;3H2,1-2H3;1-2H3/b20-7+,24-17?;;;. The van der Waals surface area contributed by atoms with Crippen molar-refractivity contribution in [2.45, 2.75) is 134 Å². The van der Waals surface area contributed by atoms with E-state index in [0.717, 1.165) is 12.3 Å². The molecule has 1 saturated carbocycles. The molecule has 2 aliphatic rings. The van der Waals surface area contributed by atoms with Crippen molar-refractivity contribution in [1.82, 2.24) is 4.98 Å². The summed E-state index contributed by atoms with van der Waals surface area (Å²) in [6.07, 6.45) is 24.1. The van der Waals surface area contributed by atoms with Gasteiger partial charge in [0.05, 0.1) is 0 Å². The van der Waals surface area contributed by atoms with Crippen LogP contribution in [0.3, 0.4) is 0 Å². The van der Waals surface area contributed by atoms with Crippen LogP contribution < -0.4 is 0 Å². The molecule has 3 nitrogen and oxygen atoms in total. The van der Waals surface area contributed by atoms with Gasteiger partial charge in [-0.05, 0) is 98.1 Å². The zero-order valence-electron chi connectivity index (χ0n) is 29.9. The number of allylic oxidation sites excluding steroid dienone is 8. The lowest BCUT2D eigenvalue weighted by molar-refractivity contribution is 0.101. The molecule has 1 fully saturated rings. The molecule has 0 aromatic carbocycles. The Morgan fingerprint density at radius 3 is 2.21 bits per heavy atom. The van der Waals surface area contributed by atoms with Gasteiger partial charge in [-0.2, -0.15) is 0 Å². The third-order valence-electron chi connectivity index (χ3n) is 8.76. The normalized spacial score (nSPS) is 17.6. The summed E-state index contributed by atoms with van der Waals surface area (Å²) in [5.74, 6) is 1.32. The molecular formula is C39H63FN2O. The van der Waals surface area contributed by atoms with Gasteiger partial charge in [0.25, 0.3) is 0 Å². The average Bonchev–Trinajstić information content (AvgIpc) is 3.36. The van der Waals surface area contributed by atoms with E-state index >= 15 is 0 Å². The molecule has 0 spiro atoms. The van der Waals surface area contributed by atoms with E-state index in [1.165, 1.54) is 82.2 Å². The number of pyridine rings is 1. The smallest absolute Gasteiger partial charge is 0.178 e. The first-order valence-corrected chi connectivity index (χ1v) is 16.7. The Balaban J connectivity index is 0.000000787. The van der Waals surface area contributed by atoms with Crippen molar-refractivity contribution < 1.29 is 9.18 Å². The Hall–Kier alpha value is -2.62. The number of halogens is 1. The SMILES string of the molecule is C/C=C(\C=NC)C1=CC=CC(C(C)C2(C(C)CC)CCCC2)=CC1.CC.CC(=O)c1nccc(C(C)(C)F)c1C.CCC. The molecule has 0 bridgehead atoms. The first kappa shape index (κ1) is 40.4. The largest absolute Gasteiger partial charge is 0.296 e. The Kier molecular flexibility index (Phi) is 19.1. The van der Waals surface area contributed by atoms with Crippen molar-refractivity contribution in [2.75, 3.05) is 7.05 Å².